The van der Waals surface area contributed by atoms with Crippen molar-refractivity contribution in [3.63, 3.8) is 0 Å². The Morgan fingerprint density at radius 1 is 1.05 bits per heavy atom. The van der Waals surface area contributed by atoms with Crippen LogP contribution in [0.1, 0.15) is 24.8 Å². The third-order valence-corrected chi connectivity index (χ3v) is 4.36. The molecular weight excluding hydrogens is 262 g/mol. The van der Waals surface area contributed by atoms with Crippen LogP contribution in [0.4, 0.5) is 0 Å². The van der Waals surface area contributed by atoms with E-state index in [2.05, 4.69) is 23.5 Å². The molecule has 3 rings (SSSR count). The molecule has 1 fully saturated rings. The van der Waals surface area contributed by atoms with Gasteiger partial charge in [-0.3, -0.25) is 0 Å². The first-order valence-electron chi connectivity index (χ1n) is 7.69. The van der Waals surface area contributed by atoms with Gasteiger partial charge in [0.05, 0.1) is 14.2 Å². The van der Waals surface area contributed by atoms with E-state index in [9.17, 15) is 0 Å². The lowest BCUT2D eigenvalue weighted by Gasteiger charge is -2.24. The standard InChI is InChI=1S/C18H23NO2/c1-20-17-8-5-7-16-15(17)10-9-13(18(16)21-2)12-14-6-3-4-11-19-14/h5,7-10,14,19H,3-4,6,11-12H2,1-2H3. The van der Waals surface area contributed by atoms with Gasteiger partial charge in [0.15, 0.2) is 0 Å². The molecule has 1 unspecified atom stereocenters. The van der Waals surface area contributed by atoms with Crippen molar-refractivity contribution < 1.29 is 9.47 Å². The molecule has 112 valence electrons. The maximum absolute atomic E-state index is 5.72. The number of methoxy groups -OCH3 is 2. The molecule has 0 saturated carbocycles. The van der Waals surface area contributed by atoms with Crippen LogP contribution < -0.4 is 14.8 Å². The van der Waals surface area contributed by atoms with Crippen molar-refractivity contribution in [3.05, 3.63) is 35.9 Å². The van der Waals surface area contributed by atoms with Crippen molar-refractivity contribution in [2.45, 2.75) is 31.7 Å². The number of nitrogens with one attached hydrogen (secondary N) is 1. The highest BCUT2D eigenvalue weighted by atomic mass is 16.5. The van der Waals surface area contributed by atoms with E-state index in [1.54, 1.807) is 14.2 Å². The Hall–Kier alpha value is -1.74. The molecule has 0 amide bonds. The van der Waals surface area contributed by atoms with E-state index in [1.807, 2.05) is 12.1 Å². The summed E-state index contributed by atoms with van der Waals surface area (Å²) in [6, 6.07) is 11.0. The minimum absolute atomic E-state index is 0.565. The Morgan fingerprint density at radius 2 is 1.95 bits per heavy atom. The summed E-state index contributed by atoms with van der Waals surface area (Å²) in [6.07, 6.45) is 4.89. The fourth-order valence-corrected chi connectivity index (χ4v) is 3.29. The van der Waals surface area contributed by atoms with E-state index in [0.29, 0.717) is 6.04 Å². The Labute approximate surface area is 126 Å². The van der Waals surface area contributed by atoms with E-state index >= 15 is 0 Å². The molecule has 0 aliphatic carbocycles. The minimum atomic E-state index is 0.565. The van der Waals surface area contributed by atoms with Gasteiger partial charge in [0.2, 0.25) is 0 Å². The molecule has 3 nitrogen and oxygen atoms in total. The van der Waals surface area contributed by atoms with E-state index in [-0.39, 0.29) is 0 Å². The first-order chi connectivity index (χ1) is 10.3. The van der Waals surface area contributed by atoms with Crippen LogP contribution in [0.15, 0.2) is 30.3 Å². The molecule has 1 aliphatic heterocycles. The summed E-state index contributed by atoms with van der Waals surface area (Å²) in [5.74, 6) is 1.88. The second-order valence-electron chi connectivity index (χ2n) is 5.66. The molecule has 0 radical (unpaired) electrons. The summed E-state index contributed by atoms with van der Waals surface area (Å²) in [7, 11) is 3.47. The highest BCUT2D eigenvalue weighted by Crippen LogP contribution is 2.35. The van der Waals surface area contributed by atoms with E-state index < -0.39 is 0 Å². The highest BCUT2D eigenvalue weighted by Gasteiger charge is 2.17. The molecule has 1 aliphatic rings. The molecule has 1 saturated heterocycles. The van der Waals surface area contributed by atoms with Crippen LogP contribution in [0.2, 0.25) is 0 Å². The molecule has 0 bridgehead atoms. The van der Waals surface area contributed by atoms with Crippen LogP contribution in [0.25, 0.3) is 10.8 Å². The highest BCUT2D eigenvalue weighted by molar-refractivity contribution is 5.94. The van der Waals surface area contributed by atoms with Gasteiger partial charge in [0.1, 0.15) is 11.5 Å². The van der Waals surface area contributed by atoms with Crippen LogP contribution in [-0.2, 0) is 6.42 Å². The quantitative estimate of drug-likeness (QED) is 0.932. The van der Waals surface area contributed by atoms with Gasteiger partial charge in [-0.2, -0.15) is 0 Å². The van der Waals surface area contributed by atoms with Crippen molar-refractivity contribution in [1.29, 1.82) is 0 Å². The molecule has 0 spiro atoms. The number of rotatable bonds is 4. The Morgan fingerprint density at radius 3 is 2.67 bits per heavy atom. The monoisotopic (exact) mass is 285 g/mol. The molecule has 21 heavy (non-hydrogen) atoms. The topological polar surface area (TPSA) is 30.5 Å². The number of hydrogen-bond acceptors (Lipinski definition) is 3. The molecule has 2 aromatic carbocycles. The second-order valence-corrected chi connectivity index (χ2v) is 5.66. The average molecular weight is 285 g/mol. The number of piperidine rings is 1. The van der Waals surface area contributed by atoms with Gasteiger partial charge in [-0.1, -0.05) is 30.7 Å². The predicted molar refractivity (Wildman–Crippen MR) is 86.4 cm³/mol. The van der Waals surface area contributed by atoms with E-state index in [1.165, 1.54) is 24.8 Å². The minimum Gasteiger partial charge on any atom is -0.496 e. The van der Waals surface area contributed by atoms with Gasteiger partial charge >= 0.3 is 0 Å². The van der Waals surface area contributed by atoms with Gasteiger partial charge < -0.3 is 14.8 Å². The number of hydrogen-bond donors (Lipinski definition) is 1. The fourth-order valence-electron chi connectivity index (χ4n) is 3.29. The van der Waals surface area contributed by atoms with Crippen LogP contribution in [-0.4, -0.2) is 26.8 Å². The maximum Gasteiger partial charge on any atom is 0.130 e. The van der Waals surface area contributed by atoms with Gasteiger partial charge in [0, 0.05) is 16.8 Å². The summed E-state index contributed by atoms with van der Waals surface area (Å²) in [5, 5.41) is 5.85. The molecule has 3 heteroatoms. The Balaban J connectivity index is 1.99. The first kappa shape index (κ1) is 14.2. The van der Waals surface area contributed by atoms with Gasteiger partial charge in [0.25, 0.3) is 0 Å². The summed E-state index contributed by atoms with van der Waals surface area (Å²) >= 11 is 0. The normalized spacial score (nSPS) is 18.7. The summed E-state index contributed by atoms with van der Waals surface area (Å²) in [6.45, 7) is 1.13. The summed E-state index contributed by atoms with van der Waals surface area (Å²) in [5.41, 5.74) is 1.28. The van der Waals surface area contributed by atoms with Crippen molar-refractivity contribution in [2.24, 2.45) is 0 Å². The van der Waals surface area contributed by atoms with E-state index in [0.717, 1.165) is 35.2 Å². The van der Waals surface area contributed by atoms with Crippen LogP contribution in [0.5, 0.6) is 11.5 Å². The SMILES string of the molecule is COc1cccc2c(OC)c(CC3CCCCN3)ccc12. The summed E-state index contributed by atoms with van der Waals surface area (Å²) < 4.78 is 11.2. The zero-order valence-corrected chi connectivity index (χ0v) is 12.8. The molecule has 1 atom stereocenters. The number of fused-ring (bicyclic) bond motifs is 1. The summed E-state index contributed by atoms with van der Waals surface area (Å²) in [4.78, 5) is 0. The zero-order chi connectivity index (χ0) is 14.7. The lowest BCUT2D eigenvalue weighted by Crippen LogP contribution is -2.35. The molecule has 0 aromatic heterocycles. The van der Waals surface area contributed by atoms with Crippen molar-refractivity contribution in [3.8, 4) is 11.5 Å². The van der Waals surface area contributed by atoms with Crippen molar-refractivity contribution >= 4 is 10.8 Å². The molecule has 1 heterocycles. The smallest absolute Gasteiger partial charge is 0.130 e. The molecule has 2 aromatic rings. The second kappa shape index (κ2) is 6.35. The Kier molecular flexibility index (Phi) is 4.30. The van der Waals surface area contributed by atoms with Crippen molar-refractivity contribution in [1.82, 2.24) is 5.32 Å². The van der Waals surface area contributed by atoms with Gasteiger partial charge in [-0.25, -0.2) is 0 Å². The lowest BCUT2D eigenvalue weighted by molar-refractivity contribution is 0.383. The van der Waals surface area contributed by atoms with Crippen LogP contribution in [0, 0.1) is 0 Å². The van der Waals surface area contributed by atoms with Crippen LogP contribution >= 0.6 is 0 Å². The third-order valence-electron chi connectivity index (χ3n) is 4.36. The van der Waals surface area contributed by atoms with Gasteiger partial charge in [-0.05, 0) is 37.4 Å². The average Bonchev–Trinajstić information content (AvgIpc) is 2.55. The third kappa shape index (κ3) is 2.84. The Bertz CT molecular complexity index is 618. The molecular formula is C18H23NO2. The van der Waals surface area contributed by atoms with E-state index in [4.69, 9.17) is 9.47 Å². The van der Waals surface area contributed by atoms with Crippen molar-refractivity contribution in [2.75, 3.05) is 20.8 Å². The number of ether oxygens (including phenoxy) is 2. The largest absolute Gasteiger partial charge is 0.496 e. The number of benzene rings is 2. The zero-order valence-electron chi connectivity index (χ0n) is 12.8. The lowest BCUT2D eigenvalue weighted by atomic mass is 9.95. The fraction of sp³-hybridized carbons (Fsp3) is 0.444. The maximum atomic E-state index is 5.72. The van der Waals surface area contributed by atoms with Crippen LogP contribution in [0.3, 0.4) is 0 Å². The van der Waals surface area contributed by atoms with Gasteiger partial charge in [-0.15, -0.1) is 0 Å². The predicted octanol–water partition coefficient (Wildman–Crippen LogP) is 3.54. The molecule has 1 N–H and O–H groups in total. The first-order valence-corrected chi connectivity index (χ1v) is 7.69.